The molecule has 0 heterocycles. The molecule has 0 atom stereocenters. The van der Waals surface area contributed by atoms with Crippen molar-refractivity contribution in [3.63, 3.8) is 0 Å². The van der Waals surface area contributed by atoms with Crippen LogP contribution in [0.15, 0.2) is 41.5 Å². The fourth-order valence-corrected chi connectivity index (χ4v) is 2.13. The zero-order valence-electron chi connectivity index (χ0n) is 14.1. The number of amides is 1. The summed E-state index contributed by atoms with van der Waals surface area (Å²) < 4.78 is 15.6. The van der Waals surface area contributed by atoms with Gasteiger partial charge in [-0.25, -0.2) is 5.43 Å². The average Bonchev–Trinajstić information content (AvgIpc) is 2.61. The van der Waals surface area contributed by atoms with Crippen LogP contribution >= 0.6 is 0 Å². The molecule has 1 amide bonds. The van der Waals surface area contributed by atoms with Gasteiger partial charge in [0.15, 0.2) is 0 Å². The summed E-state index contributed by atoms with van der Waals surface area (Å²) in [6.07, 6.45) is 1.51. The first-order valence-electron chi connectivity index (χ1n) is 7.29. The highest BCUT2D eigenvalue weighted by molar-refractivity contribution is 5.97. The van der Waals surface area contributed by atoms with Gasteiger partial charge in [0.2, 0.25) is 0 Å². The maximum atomic E-state index is 12.2. The Morgan fingerprint density at radius 3 is 2.42 bits per heavy atom. The molecule has 0 radical (unpaired) electrons. The van der Waals surface area contributed by atoms with Crippen molar-refractivity contribution < 1.29 is 19.0 Å². The second kappa shape index (κ2) is 8.01. The number of hydrogen-bond donors (Lipinski definition) is 1. The molecule has 0 fully saturated rings. The minimum absolute atomic E-state index is 0.351. The lowest BCUT2D eigenvalue weighted by Crippen LogP contribution is -2.18. The monoisotopic (exact) mass is 328 g/mol. The lowest BCUT2D eigenvalue weighted by Gasteiger charge is -2.08. The molecule has 2 rings (SSSR count). The zero-order chi connectivity index (χ0) is 17.5. The molecule has 126 valence electrons. The molecule has 2 aromatic carbocycles. The predicted octanol–water partition coefficient (Wildman–Crippen LogP) is 2.78. The van der Waals surface area contributed by atoms with Crippen LogP contribution in [-0.4, -0.2) is 33.5 Å². The Labute approximate surface area is 141 Å². The second-order valence-corrected chi connectivity index (χ2v) is 5.01. The van der Waals surface area contributed by atoms with Crippen molar-refractivity contribution in [1.29, 1.82) is 0 Å². The van der Waals surface area contributed by atoms with Crippen molar-refractivity contribution in [2.45, 2.75) is 6.92 Å². The molecule has 6 heteroatoms. The number of nitrogens with zero attached hydrogens (tertiary/aromatic N) is 1. The van der Waals surface area contributed by atoms with Gasteiger partial charge in [0.25, 0.3) is 5.91 Å². The van der Waals surface area contributed by atoms with Gasteiger partial charge in [-0.2, -0.15) is 5.10 Å². The number of nitrogens with one attached hydrogen (secondary N) is 1. The molecule has 0 saturated carbocycles. The van der Waals surface area contributed by atoms with Gasteiger partial charge in [-0.05, 0) is 36.8 Å². The summed E-state index contributed by atoms with van der Waals surface area (Å²) in [5.41, 5.74) is 4.63. The highest BCUT2D eigenvalue weighted by Crippen LogP contribution is 2.23. The third kappa shape index (κ3) is 4.04. The number of carbonyl (C=O) groups excluding carboxylic acids is 1. The predicted molar refractivity (Wildman–Crippen MR) is 92.3 cm³/mol. The molecule has 0 aromatic heterocycles. The summed E-state index contributed by atoms with van der Waals surface area (Å²) in [5, 5.41) is 3.98. The first-order valence-corrected chi connectivity index (χ1v) is 7.29. The van der Waals surface area contributed by atoms with E-state index in [1.165, 1.54) is 13.3 Å². The van der Waals surface area contributed by atoms with Crippen LogP contribution in [0, 0.1) is 6.92 Å². The van der Waals surface area contributed by atoms with E-state index in [4.69, 9.17) is 14.2 Å². The SMILES string of the molecule is COc1ccc(/C=N\NC(=O)c2ccc(C)cc2OC)c(OC)c1. The lowest BCUT2D eigenvalue weighted by atomic mass is 10.1. The topological polar surface area (TPSA) is 69.2 Å². The summed E-state index contributed by atoms with van der Waals surface area (Å²) in [6.45, 7) is 1.93. The van der Waals surface area contributed by atoms with E-state index in [0.29, 0.717) is 22.8 Å². The molecule has 24 heavy (non-hydrogen) atoms. The van der Waals surface area contributed by atoms with Crippen LogP contribution in [0.2, 0.25) is 0 Å². The first kappa shape index (κ1) is 17.3. The Balaban J connectivity index is 2.13. The number of hydrogen-bond acceptors (Lipinski definition) is 5. The maximum absolute atomic E-state index is 12.2. The summed E-state index contributed by atoms with van der Waals surface area (Å²) in [5.74, 6) is 1.43. The van der Waals surface area contributed by atoms with Crippen LogP contribution < -0.4 is 19.6 Å². The molecule has 0 saturated heterocycles. The van der Waals surface area contributed by atoms with Gasteiger partial charge in [-0.15, -0.1) is 0 Å². The molecule has 1 N–H and O–H groups in total. The summed E-state index contributed by atoms with van der Waals surface area (Å²) >= 11 is 0. The van der Waals surface area contributed by atoms with Crippen LogP contribution in [0.25, 0.3) is 0 Å². The van der Waals surface area contributed by atoms with E-state index in [2.05, 4.69) is 10.5 Å². The van der Waals surface area contributed by atoms with E-state index in [-0.39, 0.29) is 5.91 Å². The fourth-order valence-electron chi connectivity index (χ4n) is 2.13. The molecule has 0 aliphatic heterocycles. The lowest BCUT2D eigenvalue weighted by molar-refractivity contribution is 0.0952. The highest BCUT2D eigenvalue weighted by Gasteiger charge is 2.11. The van der Waals surface area contributed by atoms with Gasteiger partial charge < -0.3 is 14.2 Å². The van der Waals surface area contributed by atoms with Crippen molar-refractivity contribution in [2.75, 3.05) is 21.3 Å². The Morgan fingerprint density at radius 1 is 1.00 bits per heavy atom. The van der Waals surface area contributed by atoms with E-state index in [1.807, 2.05) is 13.0 Å². The molecular formula is C18H20N2O4. The molecule has 6 nitrogen and oxygen atoms in total. The van der Waals surface area contributed by atoms with Gasteiger partial charge in [0, 0.05) is 11.6 Å². The minimum atomic E-state index is -0.351. The minimum Gasteiger partial charge on any atom is -0.497 e. The van der Waals surface area contributed by atoms with Gasteiger partial charge >= 0.3 is 0 Å². The van der Waals surface area contributed by atoms with E-state index < -0.39 is 0 Å². The fraction of sp³-hybridized carbons (Fsp3) is 0.222. The molecule has 0 unspecified atom stereocenters. The average molecular weight is 328 g/mol. The van der Waals surface area contributed by atoms with E-state index in [0.717, 1.165) is 11.1 Å². The molecular weight excluding hydrogens is 308 g/mol. The van der Waals surface area contributed by atoms with Crippen LogP contribution in [0.1, 0.15) is 21.5 Å². The van der Waals surface area contributed by atoms with Gasteiger partial charge in [-0.1, -0.05) is 6.07 Å². The summed E-state index contributed by atoms with van der Waals surface area (Å²) in [7, 11) is 4.66. The third-order valence-electron chi connectivity index (χ3n) is 3.41. The van der Waals surface area contributed by atoms with Gasteiger partial charge in [-0.3, -0.25) is 4.79 Å². The van der Waals surface area contributed by atoms with Crippen molar-refractivity contribution in [3.8, 4) is 17.2 Å². The van der Waals surface area contributed by atoms with E-state index in [1.54, 1.807) is 44.6 Å². The number of methoxy groups -OCH3 is 3. The van der Waals surface area contributed by atoms with Crippen LogP contribution in [0.5, 0.6) is 17.2 Å². The number of carbonyl (C=O) groups is 1. The van der Waals surface area contributed by atoms with E-state index in [9.17, 15) is 4.79 Å². The normalized spacial score (nSPS) is 10.5. The summed E-state index contributed by atoms with van der Waals surface area (Å²) in [4.78, 5) is 12.2. The van der Waals surface area contributed by atoms with Crippen molar-refractivity contribution in [3.05, 3.63) is 53.1 Å². The number of aryl methyl sites for hydroxylation is 1. The van der Waals surface area contributed by atoms with Crippen LogP contribution in [-0.2, 0) is 0 Å². The number of hydrazone groups is 1. The number of benzene rings is 2. The van der Waals surface area contributed by atoms with Crippen molar-refractivity contribution >= 4 is 12.1 Å². The number of rotatable bonds is 6. The van der Waals surface area contributed by atoms with E-state index >= 15 is 0 Å². The Kier molecular flexibility index (Phi) is 5.78. The first-order chi connectivity index (χ1) is 11.6. The van der Waals surface area contributed by atoms with Gasteiger partial charge in [0.1, 0.15) is 17.2 Å². The zero-order valence-corrected chi connectivity index (χ0v) is 14.1. The van der Waals surface area contributed by atoms with Crippen LogP contribution in [0.4, 0.5) is 0 Å². The van der Waals surface area contributed by atoms with Crippen molar-refractivity contribution in [2.24, 2.45) is 5.10 Å². The molecule has 2 aromatic rings. The Morgan fingerprint density at radius 2 is 1.75 bits per heavy atom. The molecule has 0 aliphatic rings. The summed E-state index contributed by atoms with van der Waals surface area (Å²) in [6, 6.07) is 10.7. The molecule has 0 bridgehead atoms. The smallest absolute Gasteiger partial charge is 0.275 e. The standard InChI is InChI=1S/C18H20N2O4/c1-12-5-8-15(17(9-12)24-4)18(21)20-19-11-13-6-7-14(22-2)10-16(13)23-3/h5-11H,1-4H3,(H,20,21)/b19-11-. The van der Waals surface area contributed by atoms with Crippen molar-refractivity contribution in [1.82, 2.24) is 5.43 Å². The maximum Gasteiger partial charge on any atom is 0.275 e. The number of ether oxygens (including phenoxy) is 3. The molecule has 0 aliphatic carbocycles. The highest BCUT2D eigenvalue weighted by atomic mass is 16.5. The Hall–Kier alpha value is -3.02. The Bertz CT molecular complexity index is 757. The van der Waals surface area contributed by atoms with Gasteiger partial charge in [0.05, 0.1) is 33.1 Å². The molecule has 0 spiro atoms. The largest absolute Gasteiger partial charge is 0.497 e. The van der Waals surface area contributed by atoms with Crippen LogP contribution in [0.3, 0.4) is 0 Å². The third-order valence-corrected chi connectivity index (χ3v) is 3.41. The quantitative estimate of drug-likeness (QED) is 0.654. The second-order valence-electron chi connectivity index (χ2n) is 5.01.